The third-order valence-electron chi connectivity index (χ3n) is 1.23. The first-order chi connectivity index (χ1) is 5.29. The van der Waals surface area contributed by atoms with Crippen LogP contribution in [0.15, 0.2) is 36.4 Å². The monoisotopic (exact) mass is 274 g/mol. The molecule has 1 aromatic carbocycles. The Morgan fingerprint density at radius 1 is 1.09 bits per heavy atom. The minimum absolute atomic E-state index is 0.259. The van der Waals surface area contributed by atoms with Gasteiger partial charge < -0.3 is 0 Å². The Kier molecular flexibility index (Phi) is 3.87. The number of hydrogen-bond donors (Lipinski definition) is 0. The molecule has 2 heteroatoms. The molecule has 0 heterocycles. The van der Waals surface area contributed by atoms with Crippen LogP contribution in [0.25, 0.3) is 6.08 Å². The van der Waals surface area contributed by atoms with E-state index in [2.05, 4.69) is 50.1 Å². The summed E-state index contributed by atoms with van der Waals surface area (Å²) in [6, 6.07) is 10.2. The molecule has 0 fully saturated rings. The first kappa shape index (κ1) is 9.01. The van der Waals surface area contributed by atoms with E-state index in [4.69, 9.17) is 0 Å². The second-order valence-corrected chi connectivity index (χ2v) is 5.31. The fourth-order valence-electron chi connectivity index (χ4n) is 0.748. The molecule has 0 aliphatic rings. The van der Waals surface area contributed by atoms with E-state index in [1.165, 1.54) is 5.56 Å². The van der Waals surface area contributed by atoms with Crippen LogP contribution in [-0.2, 0) is 0 Å². The quantitative estimate of drug-likeness (QED) is 0.720. The molecule has 0 aliphatic heterocycles. The van der Waals surface area contributed by atoms with E-state index in [0.29, 0.717) is 0 Å². The van der Waals surface area contributed by atoms with Gasteiger partial charge in [0, 0.05) is 0 Å². The fourth-order valence-corrected chi connectivity index (χ4v) is 1.05. The third kappa shape index (κ3) is 3.73. The summed E-state index contributed by atoms with van der Waals surface area (Å²) in [4.78, 5) is 0. The van der Waals surface area contributed by atoms with Crippen molar-refractivity contribution in [2.24, 2.45) is 0 Å². The van der Waals surface area contributed by atoms with Crippen LogP contribution in [0, 0.1) is 0 Å². The molecule has 1 rings (SSSR count). The Bertz CT molecular complexity index is 227. The van der Waals surface area contributed by atoms with Gasteiger partial charge in [-0.25, -0.2) is 0 Å². The van der Waals surface area contributed by atoms with Crippen LogP contribution in [0.3, 0.4) is 0 Å². The SMILES string of the molecule is BrC(Br)C=Cc1ccccc1. The van der Waals surface area contributed by atoms with Crippen LogP contribution in [0.1, 0.15) is 5.56 Å². The summed E-state index contributed by atoms with van der Waals surface area (Å²) >= 11 is 6.72. The smallest absolute Gasteiger partial charge is 0.0719 e. The molecule has 0 saturated carbocycles. The summed E-state index contributed by atoms with van der Waals surface area (Å²) in [5, 5.41) is 0. The lowest BCUT2D eigenvalue weighted by atomic mass is 10.2. The van der Waals surface area contributed by atoms with Crippen molar-refractivity contribution >= 4 is 37.9 Å². The van der Waals surface area contributed by atoms with Crippen LogP contribution >= 0.6 is 31.9 Å². The Hall–Kier alpha value is -0.0800. The van der Waals surface area contributed by atoms with Crippen LogP contribution in [0.4, 0.5) is 0 Å². The van der Waals surface area contributed by atoms with Crippen LogP contribution in [-0.4, -0.2) is 3.74 Å². The van der Waals surface area contributed by atoms with E-state index >= 15 is 0 Å². The number of rotatable bonds is 2. The Balaban J connectivity index is 2.65. The highest BCUT2D eigenvalue weighted by molar-refractivity contribution is 9.24. The van der Waals surface area contributed by atoms with E-state index in [9.17, 15) is 0 Å². The summed E-state index contributed by atoms with van der Waals surface area (Å²) < 4.78 is 0.259. The van der Waals surface area contributed by atoms with Gasteiger partial charge in [-0.05, 0) is 5.56 Å². The van der Waals surface area contributed by atoms with Crippen molar-refractivity contribution in [3.8, 4) is 0 Å². The molecular formula is C9H8Br2. The predicted molar refractivity (Wildman–Crippen MR) is 57.1 cm³/mol. The zero-order valence-electron chi connectivity index (χ0n) is 5.87. The maximum atomic E-state index is 3.36. The van der Waals surface area contributed by atoms with Gasteiger partial charge in [0.05, 0.1) is 3.74 Å². The summed E-state index contributed by atoms with van der Waals surface area (Å²) in [6.07, 6.45) is 4.10. The lowest BCUT2D eigenvalue weighted by molar-refractivity contribution is 1.64. The van der Waals surface area contributed by atoms with E-state index in [-0.39, 0.29) is 3.74 Å². The highest BCUT2D eigenvalue weighted by Gasteiger charge is 1.87. The van der Waals surface area contributed by atoms with Crippen LogP contribution < -0.4 is 0 Å². The minimum atomic E-state index is 0.259. The van der Waals surface area contributed by atoms with Gasteiger partial charge in [0.2, 0.25) is 0 Å². The lowest BCUT2D eigenvalue weighted by Crippen LogP contribution is -1.74. The maximum Gasteiger partial charge on any atom is 0.0880 e. The molecule has 0 nitrogen and oxygen atoms in total. The Morgan fingerprint density at radius 3 is 2.27 bits per heavy atom. The minimum Gasteiger partial charge on any atom is -0.0719 e. The maximum absolute atomic E-state index is 3.36. The second kappa shape index (κ2) is 4.73. The van der Waals surface area contributed by atoms with Gasteiger partial charge in [0.1, 0.15) is 0 Å². The van der Waals surface area contributed by atoms with Gasteiger partial charge in [-0.3, -0.25) is 0 Å². The molecule has 0 N–H and O–H groups in total. The molecule has 0 amide bonds. The Morgan fingerprint density at radius 2 is 1.73 bits per heavy atom. The van der Waals surface area contributed by atoms with E-state index in [1.54, 1.807) is 0 Å². The predicted octanol–water partition coefficient (Wildman–Crippen LogP) is 3.82. The number of alkyl halides is 2. The first-order valence-electron chi connectivity index (χ1n) is 3.30. The normalized spacial score (nSPS) is 11.2. The molecule has 0 saturated heterocycles. The van der Waals surface area contributed by atoms with Crippen molar-refractivity contribution in [2.45, 2.75) is 3.74 Å². The number of hydrogen-bond acceptors (Lipinski definition) is 0. The van der Waals surface area contributed by atoms with E-state index in [1.807, 2.05) is 24.3 Å². The second-order valence-electron chi connectivity index (χ2n) is 2.10. The molecule has 1 aromatic rings. The zero-order valence-corrected chi connectivity index (χ0v) is 9.05. The van der Waals surface area contributed by atoms with Gasteiger partial charge >= 0.3 is 0 Å². The van der Waals surface area contributed by atoms with Gasteiger partial charge in [0.25, 0.3) is 0 Å². The zero-order chi connectivity index (χ0) is 8.10. The van der Waals surface area contributed by atoms with Crippen molar-refractivity contribution in [1.82, 2.24) is 0 Å². The average Bonchev–Trinajstić information content (AvgIpc) is 2.03. The van der Waals surface area contributed by atoms with Crippen molar-refractivity contribution in [3.63, 3.8) is 0 Å². The molecule has 11 heavy (non-hydrogen) atoms. The van der Waals surface area contributed by atoms with Gasteiger partial charge in [0.15, 0.2) is 0 Å². The fraction of sp³-hybridized carbons (Fsp3) is 0.111. The standard InChI is InChI=1S/C9H8Br2/c10-9(11)7-6-8-4-2-1-3-5-8/h1-7,9H. The largest absolute Gasteiger partial charge is 0.0880 e. The summed E-state index contributed by atoms with van der Waals surface area (Å²) in [5.74, 6) is 0. The van der Waals surface area contributed by atoms with Crippen LogP contribution in [0.2, 0.25) is 0 Å². The molecular weight excluding hydrogens is 268 g/mol. The third-order valence-corrected chi connectivity index (χ3v) is 1.84. The molecule has 0 atom stereocenters. The summed E-state index contributed by atoms with van der Waals surface area (Å²) in [7, 11) is 0. The number of allylic oxidation sites excluding steroid dienone is 1. The molecule has 0 aliphatic carbocycles. The first-order valence-corrected chi connectivity index (χ1v) is 5.13. The molecule has 0 spiro atoms. The van der Waals surface area contributed by atoms with Gasteiger partial charge in [-0.2, -0.15) is 0 Å². The van der Waals surface area contributed by atoms with Crippen LogP contribution in [0.5, 0.6) is 0 Å². The highest BCUT2D eigenvalue weighted by Crippen LogP contribution is 2.11. The molecule has 0 unspecified atom stereocenters. The highest BCUT2D eigenvalue weighted by atomic mass is 79.9. The summed E-state index contributed by atoms with van der Waals surface area (Å²) in [6.45, 7) is 0. The topological polar surface area (TPSA) is 0 Å². The average molecular weight is 276 g/mol. The molecule has 0 aromatic heterocycles. The van der Waals surface area contributed by atoms with Crippen molar-refractivity contribution in [1.29, 1.82) is 0 Å². The van der Waals surface area contributed by atoms with E-state index < -0.39 is 0 Å². The van der Waals surface area contributed by atoms with Gasteiger partial charge in [-0.15, -0.1) is 0 Å². The van der Waals surface area contributed by atoms with E-state index in [0.717, 1.165) is 0 Å². The lowest BCUT2D eigenvalue weighted by Gasteiger charge is -1.91. The van der Waals surface area contributed by atoms with Crippen molar-refractivity contribution < 1.29 is 0 Å². The Labute approximate surface area is 83.6 Å². The number of benzene rings is 1. The molecule has 0 radical (unpaired) electrons. The summed E-state index contributed by atoms with van der Waals surface area (Å²) in [5.41, 5.74) is 1.22. The van der Waals surface area contributed by atoms with Gasteiger partial charge in [-0.1, -0.05) is 74.3 Å². The van der Waals surface area contributed by atoms with Crippen molar-refractivity contribution in [2.75, 3.05) is 0 Å². The number of halogens is 2. The molecule has 58 valence electrons. The van der Waals surface area contributed by atoms with Crippen molar-refractivity contribution in [3.05, 3.63) is 42.0 Å². The molecule has 0 bridgehead atoms.